The third-order valence-electron chi connectivity index (χ3n) is 9.71. The van der Waals surface area contributed by atoms with E-state index in [2.05, 4.69) is 15.5 Å². The number of amidine groups is 2. The largest absolute Gasteiger partial charge is 0.491 e. The predicted molar refractivity (Wildman–Crippen MR) is 234 cm³/mol. The summed E-state index contributed by atoms with van der Waals surface area (Å²) in [6.45, 7) is 8.09. The standard InChI is InChI=1S/C44H45Cl2N9O5/c1-4-49-41(56)25-37-44-53-52-28(3)55(44)39-16-14-34(24-36(39)43(51-37)30-7-11-32(46)12-8-30)60-22-20-58-18-17-57-19-21-59-33-13-15-38-35(23-33)42(29-5-9-31(45)10-6-29)50-26-40(48)54(38)27(2)47/h5-16,23-24,37,47-48H,4,17-22,25-26H2,1-3H3,(H,49,56). The van der Waals surface area contributed by atoms with Gasteiger partial charge in [-0.25, -0.2) is 0 Å². The Morgan fingerprint density at radius 2 is 1.33 bits per heavy atom. The molecule has 3 N–H and O–H groups in total. The van der Waals surface area contributed by atoms with Crippen LogP contribution in [0.4, 0.5) is 5.69 Å². The molecular weight excluding hydrogens is 805 g/mol. The van der Waals surface area contributed by atoms with Crippen LogP contribution >= 0.6 is 23.2 Å². The number of halogens is 2. The van der Waals surface area contributed by atoms with E-state index in [1.165, 1.54) is 0 Å². The monoisotopic (exact) mass is 849 g/mol. The molecule has 0 bridgehead atoms. The highest BCUT2D eigenvalue weighted by atomic mass is 35.5. The fourth-order valence-electron chi connectivity index (χ4n) is 7.03. The molecule has 0 saturated carbocycles. The fraction of sp³-hybridized carbons (Fsp3) is 0.295. The second-order valence-electron chi connectivity index (χ2n) is 13.9. The predicted octanol–water partition coefficient (Wildman–Crippen LogP) is 7.42. The lowest BCUT2D eigenvalue weighted by Crippen LogP contribution is -2.35. The summed E-state index contributed by atoms with van der Waals surface area (Å²) in [6, 6.07) is 25.6. The number of anilines is 1. The fourth-order valence-corrected chi connectivity index (χ4v) is 7.28. The summed E-state index contributed by atoms with van der Waals surface area (Å²) >= 11 is 12.4. The molecule has 5 aromatic rings. The van der Waals surface area contributed by atoms with Crippen molar-refractivity contribution < 1.29 is 23.7 Å². The minimum atomic E-state index is -0.569. The van der Waals surface area contributed by atoms with Crippen LogP contribution in [0.5, 0.6) is 11.5 Å². The van der Waals surface area contributed by atoms with Gasteiger partial charge in [-0.15, -0.1) is 10.2 Å². The number of hydrogen-bond donors (Lipinski definition) is 3. The lowest BCUT2D eigenvalue weighted by Gasteiger charge is -2.24. The Balaban J connectivity index is 0.925. The summed E-state index contributed by atoms with van der Waals surface area (Å²) in [7, 11) is 0. The molecule has 16 heteroatoms. The molecule has 3 heterocycles. The van der Waals surface area contributed by atoms with Crippen molar-refractivity contribution in [3.63, 3.8) is 0 Å². The molecule has 0 saturated heterocycles. The number of aliphatic imine (C=N–C) groups is 2. The Morgan fingerprint density at radius 3 is 1.92 bits per heavy atom. The van der Waals surface area contributed by atoms with Gasteiger partial charge in [0.25, 0.3) is 0 Å². The third kappa shape index (κ3) is 9.74. The normalized spacial score (nSPS) is 14.5. The second kappa shape index (κ2) is 19.4. The van der Waals surface area contributed by atoms with Crippen LogP contribution < -0.4 is 19.7 Å². The van der Waals surface area contributed by atoms with E-state index in [1.807, 2.05) is 91.2 Å². The highest BCUT2D eigenvalue weighted by Crippen LogP contribution is 2.35. The Kier molecular flexibility index (Phi) is 13.7. The van der Waals surface area contributed by atoms with E-state index in [-0.39, 0.29) is 30.5 Å². The van der Waals surface area contributed by atoms with Gasteiger partial charge in [0.05, 0.1) is 62.2 Å². The lowest BCUT2D eigenvalue weighted by atomic mass is 9.99. The second-order valence-corrected chi connectivity index (χ2v) is 14.8. The van der Waals surface area contributed by atoms with Crippen LogP contribution in [0.1, 0.15) is 60.2 Å². The van der Waals surface area contributed by atoms with Gasteiger partial charge < -0.3 is 24.3 Å². The van der Waals surface area contributed by atoms with Gasteiger partial charge in [0.2, 0.25) is 5.91 Å². The molecule has 14 nitrogen and oxygen atoms in total. The van der Waals surface area contributed by atoms with Gasteiger partial charge in [0, 0.05) is 38.8 Å². The van der Waals surface area contributed by atoms with Gasteiger partial charge in [-0.1, -0.05) is 47.5 Å². The smallest absolute Gasteiger partial charge is 0.222 e. The quantitative estimate of drug-likeness (QED) is 0.0523. The molecule has 1 aromatic heterocycles. The zero-order valence-corrected chi connectivity index (χ0v) is 35.0. The van der Waals surface area contributed by atoms with Crippen LogP contribution in [-0.2, 0) is 14.3 Å². The van der Waals surface area contributed by atoms with Crippen LogP contribution in [0, 0.1) is 17.7 Å². The summed E-state index contributed by atoms with van der Waals surface area (Å²) in [5, 5.41) is 29.8. The van der Waals surface area contributed by atoms with Crippen LogP contribution in [0.15, 0.2) is 94.9 Å². The SMILES string of the molecule is CCNC(=O)CC1N=C(c2ccc(Cl)cc2)c2cc(OCCOCCOCCOc3ccc4c(c3)C(c3ccc(Cl)cc3)=NCC(=N)N4C(C)=N)ccc2-n2c(C)nnc21. The number of carbonyl (C=O) groups is 1. The molecule has 1 unspecified atom stereocenters. The third-order valence-corrected chi connectivity index (χ3v) is 10.2. The molecule has 2 aliphatic heterocycles. The first-order chi connectivity index (χ1) is 29.1. The average Bonchev–Trinajstić information content (AvgIpc) is 3.47. The first-order valence-electron chi connectivity index (χ1n) is 19.6. The minimum Gasteiger partial charge on any atom is -0.491 e. The molecular formula is C44H45Cl2N9O5. The van der Waals surface area contributed by atoms with E-state index in [1.54, 1.807) is 24.0 Å². The van der Waals surface area contributed by atoms with Crippen molar-refractivity contribution in [3.05, 3.63) is 129 Å². The highest BCUT2D eigenvalue weighted by Gasteiger charge is 2.30. The molecule has 0 fully saturated rings. The Morgan fingerprint density at radius 1 is 0.783 bits per heavy atom. The molecule has 310 valence electrons. The van der Waals surface area contributed by atoms with Gasteiger partial charge in [-0.3, -0.25) is 35.1 Å². The number of hydrogen-bond acceptors (Lipinski definition) is 11. The van der Waals surface area contributed by atoms with Crippen molar-refractivity contribution in [1.82, 2.24) is 20.1 Å². The average molecular weight is 851 g/mol. The molecule has 0 spiro atoms. The summed E-state index contributed by atoms with van der Waals surface area (Å²) in [5.41, 5.74) is 6.15. The van der Waals surface area contributed by atoms with Crippen LogP contribution in [0.25, 0.3) is 5.69 Å². The minimum absolute atomic E-state index is 0.116. The molecule has 7 rings (SSSR count). The van der Waals surface area contributed by atoms with Gasteiger partial charge in [-0.05, 0) is 81.4 Å². The van der Waals surface area contributed by atoms with E-state index in [4.69, 9.17) is 63.0 Å². The van der Waals surface area contributed by atoms with E-state index in [9.17, 15) is 4.79 Å². The number of carbonyl (C=O) groups excluding carboxylic acids is 1. The zero-order chi connectivity index (χ0) is 42.2. The van der Waals surface area contributed by atoms with Gasteiger partial charge in [-0.2, -0.15) is 0 Å². The van der Waals surface area contributed by atoms with E-state index >= 15 is 0 Å². The van der Waals surface area contributed by atoms with Crippen molar-refractivity contribution in [1.29, 1.82) is 10.8 Å². The van der Waals surface area contributed by atoms with Crippen molar-refractivity contribution >= 4 is 57.9 Å². The summed E-state index contributed by atoms with van der Waals surface area (Å²) in [4.78, 5) is 24.2. The van der Waals surface area contributed by atoms with Gasteiger partial charge >= 0.3 is 0 Å². The maximum absolute atomic E-state index is 12.8. The first kappa shape index (κ1) is 42.2. The Bertz CT molecular complexity index is 2430. The number of aryl methyl sites for hydroxylation is 1. The number of benzene rings is 4. The number of nitrogens with one attached hydrogen (secondary N) is 3. The van der Waals surface area contributed by atoms with Crippen LogP contribution in [0.2, 0.25) is 10.0 Å². The van der Waals surface area contributed by atoms with Crippen molar-refractivity contribution in [2.24, 2.45) is 9.98 Å². The highest BCUT2D eigenvalue weighted by molar-refractivity contribution is 6.31. The zero-order valence-electron chi connectivity index (χ0n) is 33.5. The van der Waals surface area contributed by atoms with Gasteiger partial charge in [0.15, 0.2) is 5.82 Å². The Labute approximate surface area is 358 Å². The number of benzodiazepines with no additional fused rings is 1. The summed E-state index contributed by atoms with van der Waals surface area (Å²) in [6.07, 6.45) is 0.116. The number of fused-ring (bicyclic) bond motifs is 4. The Hall–Kier alpha value is -5.93. The van der Waals surface area contributed by atoms with Crippen molar-refractivity contribution in [2.75, 3.05) is 57.6 Å². The molecule has 4 aromatic carbocycles. The van der Waals surface area contributed by atoms with E-state index < -0.39 is 6.04 Å². The van der Waals surface area contributed by atoms with E-state index in [0.29, 0.717) is 96.5 Å². The molecule has 0 radical (unpaired) electrons. The van der Waals surface area contributed by atoms with E-state index in [0.717, 1.165) is 27.9 Å². The first-order valence-corrected chi connectivity index (χ1v) is 20.3. The maximum atomic E-state index is 12.8. The summed E-state index contributed by atoms with van der Waals surface area (Å²) < 4.78 is 25.7. The van der Waals surface area contributed by atoms with Crippen molar-refractivity contribution in [2.45, 2.75) is 33.2 Å². The number of amides is 1. The topological polar surface area (TPSA) is 172 Å². The number of aromatic nitrogens is 3. The molecule has 60 heavy (non-hydrogen) atoms. The molecule has 1 atom stereocenters. The molecule has 0 aliphatic carbocycles. The number of nitrogens with zero attached hydrogens (tertiary/aromatic N) is 6. The summed E-state index contributed by atoms with van der Waals surface area (Å²) in [5.74, 6) is 2.82. The molecule has 1 amide bonds. The van der Waals surface area contributed by atoms with Crippen molar-refractivity contribution in [3.8, 4) is 17.2 Å². The van der Waals surface area contributed by atoms with Gasteiger partial charge in [0.1, 0.15) is 48.3 Å². The number of rotatable bonds is 16. The maximum Gasteiger partial charge on any atom is 0.222 e. The number of ether oxygens (including phenoxy) is 4. The molecule has 2 aliphatic rings. The van der Waals surface area contributed by atoms with Crippen LogP contribution in [-0.4, -0.2) is 96.5 Å². The lowest BCUT2D eigenvalue weighted by molar-refractivity contribution is -0.121. The van der Waals surface area contributed by atoms with Crippen LogP contribution in [0.3, 0.4) is 0 Å².